The molecule has 0 aliphatic heterocycles. The first-order valence-corrected chi connectivity index (χ1v) is 7.43. The van der Waals surface area contributed by atoms with Crippen molar-refractivity contribution in [2.24, 2.45) is 5.84 Å². The van der Waals surface area contributed by atoms with E-state index in [0.717, 1.165) is 19.3 Å². The molecular formula is C11H20N4O2S. The lowest BCUT2D eigenvalue weighted by Crippen LogP contribution is -2.33. The Morgan fingerprint density at radius 2 is 2.22 bits per heavy atom. The first kappa shape index (κ1) is 14.9. The number of pyridine rings is 1. The van der Waals surface area contributed by atoms with Crippen LogP contribution in [0.2, 0.25) is 0 Å². The molecule has 1 unspecified atom stereocenters. The highest BCUT2D eigenvalue weighted by atomic mass is 32.2. The van der Waals surface area contributed by atoms with Crippen LogP contribution in [0, 0.1) is 0 Å². The van der Waals surface area contributed by atoms with Crippen molar-refractivity contribution in [3.05, 3.63) is 18.3 Å². The molecule has 0 fully saturated rings. The smallest absolute Gasteiger partial charge is 0.244 e. The van der Waals surface area contributed by atoms with Gasteiger partial charge in [-0.15, -0.1) is 0 Å². The Hall–Kier alpha value is -1.18. The fourth-order valence-corrected chi connectivity index (χ4v) is 3.01. The zero-order chi connectivity index (χ0) is 13.6. The lowest BCUT2D eigenvalue weighted by atomic mass is 10.2. The monoisotopic (exact) mass is 272 g/mol. The SMILES string of the molecule is CCCCC(C)NS(=O)(=O)c1cccnc1NN. The summed E-state index contributed by atoms with van der Waals surface area (Å²) in [5.74, 6) is 5.40. The van der Waals surface area contributed by atoms with Gasteiger partial charge in [-0.25, -0.2) is 24.0 Å². The van der Waals surface area contributed by atoms with E-state index in [0.29, 0.717) is 0 Å². The van der Waals surface area contributed by atoms with Crippen LogP contribution in [0.15, 0.2) is 23.2 Å². The summed E-state index contributed by atoms with van der Waals surface area (Å²) in [6.45, 7) is 3.91. The lowest BCUT2D eigenvalue weighted by Gasteiger charge is -2.15. The Labute approximate surface area is 108 Å². The van der Waals surface area contributed by atoms with Gasteiger partial charge in [-0.05, 0) is 25.5 Å². The highest BCUT2D eigenvalue weighted by molar-refractivity contribution is 7.89. The summed E-state index contributed by atoms with van der Waals surface area (Å²) in [6.07, 6.45) is 4.31. The maximum Gasteiger partial charge on any atom is 0.244 e. The molecule has 1 heterocycles. The third kappa shape index (κ3) is 3.94. The topological polar surface area (TPSA) is 97.1 Å². The molecule has 1 aromatic rings. The third-order valence-corrected chi connectivity index (χ3v) is 4.17. The number of nitrogens with two attached hydrogens (primary N) is 1. The summed E-state index contributed by atoms with van der Waals surface area (Å²) in [5, 5.41) is 0. The number of nitrogens with zero attached hydrogens (tertiary/aromatic N) is 1. The first-order chi connectivity index (χ1) is 8.51. The maximum atomic E-state index is 12.1. The Balaban J connectivity index is 2.86. The minimum absolute atomic E-state index is 0.0656. The molecule has 0 amide bonds. The number of aromatic nitrogens is 1. The van der Waals surface area contributed by atoms with E-state index in [1.54, 1.807) is 6.07 Å². The molecule has 0 saturated heterocycles. The van der Waals surface area contributed by atoms with Gasteiger partial charge in [-0.1, -0.05) is 19.8 Å². The van der Waals surface area contributed by atoms with E-state index >= 15 is 0 Å². The number of hydrogen-bond acceptors (Lipinski definition) is 5. The first-order valence-electron chi connectivity index (χ1n) is 5.95. The van der Waals surface area contributed by atoms with Gasteiger partial charge in [0.25, 0.3) is 0 Å². The molecule has 1 rings (SSSR count). The van der Waals surface area contributed by atoms with Crippen molar-refractivity contribution < 1.29 is 8.42 Å². The highest BCUT2D eigenvalue weighted by Crippen LogP contribution is 2.17. The Kier molecular flexibility index (Phi) is 5.52. The molecule has 6 nitrogen and oxygen atoms in total. The average molecular weight is 272 g/mol. The van der Waals surface area contributed by atoms with Gasteiger partial charge in [0, 0.05) is 12.2 Å². The second-order valence-electron chi connectivity index (χ2n) is 4.16. The number of nitrogen functional groups attached to an aromatic ring is 1. The molecule has 0 spiro atoms. The number of nitrogens with one attached hydrogen (secondary N) is 2. The van der Waals surface area contributed by atoms with Crippen LogP contribution in [0.5, 0.6) is 0 Å². The van der Waals surface area contributed by atoms with Crippen molar-refractivity contribution in [2.75, 3.05) is 5.43 Å². The molecule has 1 aromatic heterocycles. The molecule has 0 bridgehead atoms. The maximum absolute atomic E-state index is 12.1. The fraction of sp³-hybridized carbons (Fsp3) is 0.545. The zero-order valence-electron chi connectivity index (χ0n) is 10.7. The zero-order valence-corrected chi connectivity index (χ0v) is 11.5. The lowest BCUT2D eigenvalue weighted by molar-refractivity contribution is 0.534. The van der Waals surface area contributed by atoms with Crippen LogP contribution in [-0.2, 0) is 10.0 Å². The molecule has 0 aromatic carbocycles. The largest absolute Gasteiger partial charge is 0.307 e. The second-order valence-corrected chi connectivity index (χ2v) is 5.84. The van der Waals surface area contributed by atoms with Crippen LogP contribution >= 0.6 is 0 Å². The van der Waals surface area contributed by atoms with Crippen molar-refractivity contribution in [2.45, 2.75) is 44.0 Å². The van der Waals surface area contributed by atoms with Crippen LogP contribution in [0.25, 0.3) is 0 Å². The van der Waals surface area contributed by atoms with Gasteiger partial charge in [0.2, 0.25) is 10.0 Å². The van der Waals surface area contributed by atoms with Gasteiger partial charge in [0.15, 0.2) is 5.82 Å². The van der Waals surface area contributed by atoms with Crippen LogP contribution in [-0.4, -0.2) is 19.4 Å². The summed E-state index contributed by atoms with van der Waals surface area (Å²) in [4.78, 5) is 3.94. The summed E-state index contributed by atoms with van der Waals surface area (Å²) >= 11 is 0. The van der Waals surface area contributed by atoms with Gasteiger partial charge in [0.05, 0.1) is 0 Å². The predicted octanol–water partition coefficient (Wildman–Crippen LogP) is 1.22. The van der Waals surface area contributed by atoms with Crippen molar-refractivity contribution in [3.63, 3.8) is 0 Å². The molecule has 0 radical (unpaired) electrons. The predicted molar refractivity (Wildman–Crippen MR) is 71.4 cm³/mol. The van der Waals surface area contributed by atoms with Crippen molar-refractivity contribution in [3.8, 4) is 0 Å². The summed E-state index contributed by atoms with van der Waals surface area (Å²) < 4.78 is 26.9. The van der Waals surface area contributed by atoms with E-state index in [9.17, 15) is 8.42 Å². The number of unbranched alkanes of at least 4 members (excludes halogenated alkanes) is 1. The fourth-order valence-electron chi connectivity index (χ4n) is 1.61. The van der Waals surface area contributed by atoms with Gasteiger partial charge in [0.1, 0.15) is 4.90 Å². The molecule has 1 atom stereocenters. The van der Waals surface area contributed by atoms with Gasteiger partial charge in [-0.2, -0.15) is 0 Å². The van der Waals surface area contributed by atoms with E-state index in [1.807, 2.05) is 6.92 Å². The summed E-state index contributed by atoms with van der Waals surface area (Å²) in [7, 11) is -3.59. The van der Waals surface area contributed by atoms with Crippen LogP contribution in [0.3, 0.4) is 0 Å². The minimum Gasteiger partial charge on any atom is -0.307 e. The van der Waals surface area contributed by atoms with Crippen LogP contribution < -0.4 is 16.0 Å². The Morgan fingerprint density at radius 3 is 2.83 bits per heavy atom. The van der Waals surface area contributed by atoms with E-state index < -0.39 is 10.0 Å². The number of hydrazine groups is 1. The summed E-state index contributed by atoms with van der Waals surface area (Å²) in [6, 6.07) is 2.92. The molecule has 7 heteroatoms. The van der Waals surface area contributed by atoms with E-state index in [4.69, 9.17) is 5.84 Å². The molecule has 0 aliphatic carbocycles. The Bertz CT molecular complexity index is 476. The van der Waals surface area contributed by atoms with Gasteiger partial charge >= 0.3 is 0 Å². The number of sulfonamides is 1. The second kappa shape index (κ2) is 6.67. The van der Waals surface area contributed by atoms with Crippen LogP contribution in [0.1, 0.15) is 33.1 Å². The number of hydrogen-bond donors (Lipinski definition) is 3. The Morgan fingerprint density at radius 1 is 1.50 bits per heavy atom. The number of rotatable bonds is 7. The van der Waals surface area contributed by atoms with Gasteiger partial charge in [-0.3, -0.25) is 0 Å². The minimum atomic E-state index is -3.59. The van der Waals surface area contributed by atoms with E-state index in [-0.39, 0.29) is 16.8 Å². The standard InChI is InChI=1S/C11H20N4O2S/c1-3-4-6-9(2)15-18(16,17)10-7-5-8-13-11(10)14-12/h5,7-9,15H,3-4,6,12H2,1-2H3,(H,13,14). The van der Waals surface area contributed by atoms with E-state index in [1.165, 1.54) is 12.3 Å². The molecule has 0 aliphatic rings. The molecule has 4 N–H and O–H groups in total. The average Bonchev–Trinajstić information content (AvgIpc) is 2.35. The molecule has 0 saturated carbocycles. The highest BCUT2D eigenvalue weighted by Gasteiger charge is 2.20. The van der Waals surface area contributed by atoms with Crippen molar-refractivity contribution in [1.82, 2.24) is 9.71 Å². The number of anilines is 1. The summed E-state index contributed by atoms with van der Waals surface area (Å²) in [5.41, 5.74) is 2.29. The van der Waals surface area contributed by atoms with Gasteiger partial charge < -0.3 is 5.43 Å². The van der Waals surface area contributed by atoms with Crippen LogP contribution in [0.4, 0.5) is 5.82 Å². The molecule has 102 valence electrons. The normalized spacial score (nSPS) is 13.3. The van der Waals surface area contributed by atoms with Crippen molar-refractivity contribution in [1.29, 1.82) is 0 Å². The van der Waals surface area contributed by atoms with E-state index in [2.05, 4.69) is 22.1 Å². The quantitative estimate of drug-likeness (QED) is 0.512. The molecular weight excluding hydrogens is 252 g/mol. The molecule has 18 heavy (non-hydrogen) atoms. The van der Waals surface area contributed by atoms with Crippen molar-refractivity contribution >= 4 is 15.8 Å². The third-order valence-electron chi connectivity index (χ3n) is 2.54.